The number of hydrogen-bond acceptors (Lipinski definition) is 1. The normalized spacial score (nSPS) is 46.5. The second-order valence-electron chi connectivity index (χ2n) is 12.1. The van der Waals surface area contributed by atoms with Crippen LogP contribution in [0.25, 0.3) is 0 Å². The van der Waals surface area contributed by atoms with Crippen LogP contribution in [0.4, 0.5) is 0 Å². The molecule has 4 rings (SSSR count). The third kappa shape index (κ3) is 3.63. The third-order valence-electron chi connectivity index (χ3n) is 9.96. The lowest BCUT2D eigenvalue weighted by Gasteiger charge is -2.55. The summed E-state index contributed by atoms with van der Waals surface area (Å²) in [6.07, 6.45) is 16.0. The van der Waals surface area contributed by atoms with Gasteiger partial charge in [-0.15, -0.1) is 0 Å². The molecule has 3 saturated carbocycles. The Kier molecular flexibility index (Phi) is 6.05. The van der Waals surface area contributed by atoms with Crippen molar-refractivity contribution in [2.24, 2.45) is 52.8 Å². The van der Waals surface area contributed by atoms with E-state index in [4.69, 9.17) is 0 Å². The van der Waals surface area contributed by atoms with Gasteiger partial charge in [0, 0.05) is 0 Å². The Morgan fingerprint density at radius 2 is 1.89 bits per heavy atom. The smallest absolute Gasteiger partial charge is 0.0580 e. The van der Waals surface area contributed by atoms with E-state index in [1.807, 2.05) is 0 Å². The summed E-state index contributed by atoms with van der Waals surface area (Å²) >= 11 is 0. The van der Waals surface area contributed by atoms with Crippen LogP contribution >= 0.6 is 0 Å². The molecule has 28 heavy (non-hydrogen) atoms. The minimum Gasteiger partial charge on any atom is -0.393 e. The third-order valence-corrected chi connectivity index (χ3v) is 9.96. The van der Waals surface area contributed by atoms with Crippen LogP contribution in [0, 0.1) is 52.8 Å². The molecular formula is C27H46O. The first-order valence-corrected chi connectivity index (χ1v) is 12.7. The first-order chi connectivity index (χ1) is 13.3. The summed E-state index contributed by atoms with van der Waals surface area (Å²) in [7, 11) is 0. The summed E-state index contributed by atoms with van der Waals surface area (Å²) in [6.45, 7) is 12.4. The van der Waals surface area contributed by atoms with Crippen molar-refractivity contribution in [2.75, 3.05) is 0 Å². The van der Waals surface area contributed by atoms with Gasteiger partial charge in [0.25, 0.3) is 0 Å². The van der Waals surface area contributed by atoms with Crippen LogP contribution in [0.3, 0.4) is 0 Å². The Labute approximate surface area is 174 Å². The lowest BCUT2D eigenvalue weighted by atomic mass is 9.50. The molecule has 0 aromatic rings. The van der Waals surface area contributed by atoms with Crippen molar-refractivity contribution in [3.8, 4) is 0 Å². The highest BCUT2D eigenvalue weighted by atomic mass is 16.3. The quantitative estimate of drug-likeness (QED) is 0.493. The van der Waals surface area contributed by atoms with Crippen molar-refractivity contribution in [1.29, 1.82) is 0 Å². The van der Waals surface area contributed by atoms with Gasteiger partial charge >= 0.3 is 0 Å². The van der Waals surface area contributed by atoms with Gasteiger partial charge in [-0.3, -0.25) is 0 Å². The van der Waals surface area contributed by atoms with E-state index in [-0.39, 0.29) is 6.10 Å². The molecular weight excluding hydrogens is 340 g/mol. The van der Waals surface area contributed by atoms with Gasteiger partial charge in [-0.1, -0.05) is 65.5 Å². The van der Waals surface area contributed by atoms with Crippen LogP contribution in [0.1, 0.15) is 98.8 Å². The zero-order chi connectivity index (χ0) is 20.1. The zero-order valence-electron chi connectivity index (χ0n) is 19.3. The number of rotatable bonds is 5. The second kappa shape index (κ2) is 8.09. The lowest BCUT2D eigenvalue weighted by Crippen LogP contribution is -2.48. The summed E-state index contributed by atoms with van der Waals surface area (Å²) in [5, 5.41) is 10.3. The molecule has 3 fully saturated rings. The van der Waals surface area contributed by atoms with Gasteiger partial charge in [-0.05, 0) is 97.7 Å². The van der Waals surface area contributed by atoms with E-state index < -0.39 is 0 Å². The molecule has 0 aromatic heterocycles. The molecule has 1 heteroatoms. The molecule has 1 N–H and O–H groups in total. The lowest BCUT2D eigenvalue weighted by molar-refractivity contribution is -0.0402. The van der Waals surface area contributed by atoms with Crippen LogP contribution in [-0.4, -0.2) is 11.2 Å². The maximum Gasteiger partial charge on any atom is 0.0580 e. The number of fused-ring (bicyclic) bond motifs is 5. The fourth-order valence-corrected chi connectivity index (χ4v) is 8.76. The summed E-state index contributed by atoms with van der Waals surface area (Å²) < 4.78 is 0. The highest BCUT2D eigenvalue weighted by Gasteiger charge is 2.57. The number of hydrogen-bond donors (Lipinski definition) is 1. The van der Waals surface area contributed by atoms with Gasteiger partial charge in [0.1, 0.15) is 0 Å². The fraction of sp³-hybridized carbons (Fsp3) is 0.926. The van der Waals surface area contributed by atoms with Gasteiger partial charge in [-0.25, -0.2) is 0 Å². The maximum absolute atomic E-state index is 10.3. The Hall–Kier alpha value is -0.300. The van der Waals surface area contributed by atoms with Crippen molar-refractivity contribution < 1.29 is 5.11 Å². The molecule has 160 valence electrons. The van der Waals surface area contributed by atoms with E-state index in [1.165, 1.54) is 51.4 Å². The summed E-state index contributed by atoms with van der Waals surface area (Å²) in [5.74, 6) is 6.99. The zero-order valence-corrected chi connectivity index (χ0v) is 19.3. The van der Waals surface area contributed by atoms with Crippen molar-refractivity contribution in [1.82, 2.24) is 0 Å². The van der Waals surface area contributed by atoms with Gasteiger partial charge in [0.2, 0.25) is 0 Å². The van der Waals surface area contributed by atoms with E-state index in [9.17, 15) is 5.11 Å². The van der Waals surface area contributed by atoms with Crippen molar-refractivity contribution in [3.63, 3.8) is 0 Å². The van der Waals surface area contributed by atoms with E-state index in [0.29, 0.717) is 11.3 Å². The van der Waals surface area contributed by atoms with Crippen molar-refractivity contribution >= 4 is 0 Å². The minimum absolute atomic E-state index is 0.0783. The highest BCUT2D eigenvalue weighted by Crippen LogP contribution is 2.65. The standard InChI is InChI=1S/C27H46O/c1-17(2)7-6-8-18(3)24-11-12-25-22-10-9-20-16-21(28)15-19(4)26(20)23(22)13-14-27(24,25)5/h9,17-19,21-26,28H,6-8,10-16H2,1-5H3/t18-,19-,21+,22-,23+,24-,25+,26-,27-/m1/s1. The predicted molar refractivity (Wildman–Crippen MR) is 119 cm³/mol. The molecule has 0 amide bonds. The largest absolute Gasteiger partial charge is 0.393 e. The van der Waals surface area contributed by atoms with E-state index in [2.05, 4.69) is 40.7 Å². The van der Waals surface area contributed by atoms with Gasteiger partial charge in [-0.2, -0.15) is 0 Å². The molecule has 4 aliphatic rings. The van der Waals surface area contributed by atoms with Crippen molar-refractivity contribution in [3.05, 3.63) is 11.6 Å². The molecule has 1 nitrogen and oxygen atoms in total. The number of allylic oxidation sites excluding steroid dienone is 1. The molecule has 0 saturated heterocycles. The molecule has 9 atom stereocenters. The number of aliphatic hydroxyl groups excluding tert-OH is 1. The monoisotopic (exact) mass is 386 g/mol. The van der Waals surface area contributed by atoms with E-state index in [0.717, 1.165) is 54.3 Å². The molecule has 0 unspecified atom stereocenters. The molecule has 0 spiro atoms. The van der Waals surface area contributed by atoms with E-state index >= 15 is 0 Å². The molecule has 0 radical (unpaired) electrons. The second-order valence-corrected chi connectivity index (χ2v) is 12.1. The Morgan fingerprint density at radius 1 is 1.11 bits per heavy atom. The Bertz CT molecular complexity index is 577. The molecule has 4 aliphatic carbocycles. The molecule has 0 aliphatic heterocycles. The molecule has 0 aromatic carbocycles. The maximum atomic E-state index is 10.3. The predicted octanol–water partition coefficient (Wildman–Crippen LogP) is 7.24. The summed E-state index contributed by atoms with van der Waals surface area (Å²) in [5.41, 5.74) is 2.23. The summed E-state index contributed by atoms with van der Waals surface area (Å²) in [4.78, 5) is 0. The first kappa shape index (κ1) is 21.0. The minimum atomic E-state index is -0.0783. The van der Waals surface area contributed by atoms with Crippen LogP contribution < -0.4 is 0 Å². The van der Waals surface area contributed by atoms with Crippen LogP contribution in [0.2, 0.25) is 0 Å². The SMILES string of the molecule is CC(C)CCC[C@@H](C)[C@H]1CC[C@H]2[C@@H]3CC=C4C[C@@H](O)C[C@@H](C)[C@H]4[C@H]3CC[C@]12C. The van der Waals surface area contributed by atoms with Gasteiger partial charge < -0.3 is 5.11 Å². The molecule has 0 bridgehead atoms. The molecule has 0 heterocycles. The van der Waals surface area contributed by atoms with E-state index in [1.54, 1.807) is 5.57 Å². The topological polar surface area (TPSA) is 20.2 Å². The highest BCUT2D eigenvalue weighted by molar-refractivity contribution is 5.21. The Balaban J connectivity index is 1.47. The van der Waals surface area contributed by atoms with Crippen LogP contribution in [0.15, 0.2) is 11.6 Å². The van der Waals surface area contributed by atoms with Crippen LogP contribution in [0.5, 0.6) is 0 Å². The Morgan fingerprint density at radius 3 is 2.64 bits per heavy atom. The van der Waals surface area contributed by atoms with Crippen molar-refractivity contribution in [2.45, 2.75) is 105 Å². The summed E-state index contributed by atoms with van der Waals surface area (Å²) in [6, 6.07) is 0. The average molecular weight is 387 g/mol. The average Bonchev–Trinajstić information content (AvgIpc) is 2.98. The number of aliphatic hydroxyl groups is 1. The first-order valence-electron chi connectivity index (χ1n) is 12.7. The van der Waals surface area contributed by atoms with Gasteiger partial charge in [0.15, 0.2) is 0 Å². The van der Waals surface area contributed by atoms with Gasteiger partial charge in [0.05, 0.1) is 6.10 Å². The fourth-order valence-electron chi connectivity index (χ4n) is 8.76. The van der Waals surface area contributed by atoms with Crippen LogP contribution in [-0.2, 0) is 0 Å².